The first-order valence-electron chi connectivity index (χ1n) is 7.10. The lowest BCUT2D eigenvalue weighted by molar-refractivity contribution is -0.139. The summed E-state index contributed by atoms with van der Waals surface area (Å²) in [5, 5.41) is 0.424. The standard InChI is InChI=1S/C17H13ClN2O4/c1-24-13-8-6-12(7-9-13)20-16(22)15(21)19(17(20)23)10-11-4-2-3-5-14(11)18/h2-9H,10H2,1H3. The third-order valence-electron chi connectivity index (χ3n) is 3.67. The van der Waals surface area contributed by atoms with Gasteiger partial charge in [0.2, 0.25) is 0 Å². The normalized spacial score (nSPS) is 14.5. The van der Waals surface area contributed by atoms with E-state index in [4.69, 9.17) is 16.3 Å². The second-order valence-corrected chi connectivity index (χ2v) is 5.51. The lowest BCUT2D eigenvalue weighted by atomic mass is 10.2. The van der Waals surface area contributed by atoms with Gasteiger partial charge in [0.15, 0.2) is 0 Å². The molecule has 0 aromatic heterocycles. The Morgan fingerprint density at radius 2 is 1.62 bits per heavy atom. The summed E-state index contributed by atoms with van der Waals surface area (Å²) in [5.74, 6) is -1.19. The molecule has 0 unspecified atom stereocenters. The number of urea groups is 1. The molecule has 4 amide bonds. The molecule has 0 radical (unpaired) electrons. The first-order chi connectivity index (χ1) is 11.5. The molecule has 0 bridgehead atoms. The van der Waals surface area contributed by atoms with E-state index in [1.54, 1.807) is 48.5 Å². The second kappa shape index (κ2) is 6.33. The molecule has 2 aromatic rings. The third kappa shape index (κ3) is 2.72. The van der Waals surface area contributed by atoms with Gasteiger partial charge in [-0.05, 0) is 35.9 Å². The molecule has 1 saturated heterocycles. The number of ether oxygens (including phenoxy) is 1. The fourth-order valence-corrected chi connectivity index (χ4v) is 2.60. The number of carbonyl (C=O) groups excluding carboxylic acids is 3. The summed E-state index contributed by atoms with van der Waals surface area (Å²) in [7, 11) is 1.51. The van der Waals surface area contributed by atoms with Gasteiger partial charge in [-0.1, -0.05) is 29.8 Å². The summed E-state index contributed by atoms with van der Waals surface area (Å²) in [6, 6.07) is 12.4. The molecule has 7 heteroatoms. The summed E-state index contributed by atoms with van der Waals surface area (Å²) in [6.45, 7) is -0.0598. The summed E-state index contributed by atoms with van der Waals surface area (Å²) < 4.78 is 5.04. The summed E-state index contributed by atoms with van der Waals surface area (Å²) in [5.41, 5.74) is 0.894. The van der Waals surface area contributed by atoms with E-state index in [9.17, 15) is 14.4 Å². The highest BCUT2D eigenvalue weighted by Gasteiger charge is 2.45. The van der Waals surface area contributed by atoms with Crippen molar-refractivity contribution < 1.29 is 19.1 Å². The van der Waals surface area contributed by atoms with Crippen molar-refractivity contribution in [3.05, 3.63) is 59.1 Å². The minimum atomic E-state index is -0.891. The fourth-order valence-electron chi connectivity index (χ4n) is 2.40. The molecule has 1 heterocycles. The summed E-state index contributed by atoms with van der Waals surface area (Å²) in [4.78, 5) is 38.7. The Hall–Kier alpha value is -2.86. The summed E-state index contributed by atoms with van der Waals surface area (Å²) >= 11 is 6.06. The van der Waals surface area contributed by atoms with Crippen LogP contribution in [0.4, 0.5) is 10.5 Å². The van der Waals surface area contributed by atoms with Gasteiger partial charge in [0.25, 0.3) is 0 Å². The Morgan fingerprint density at radius 1 is 0.958 bits per heavy atom. The van der Waals surface area contributed by atoms with Crippen LogP contribution < -0.4 is 9.64 Å². The van der Waals surface area contributed by atoms with Gasteiger partial charge in [0.1, 0.15) is 5.75 Å². The third-order valence-corrected chi connectivity index (χ3v) is 4.04. The van der Waals surface area contributed by atoms with E-state index in [1.807, 2.05) is 0 Å². The van der Waals surface area contributed by atoms with Crippen LogP contribution in [0.1, 0.15) is 5.56 Å². The lowest BCUT2D eigenvalue weighted by Crippen LogP contribution is -2.33. The first kappa shape index (κ1) is 16.0. The molecule has 24 heavy (non-hydrogen) atoms. The van der Waals surface area contributed by atoms with Gasteiger partial charge >= 0.3 is 17.8 Å². The van der Waals surface area contributed by atoms with E-state index in [1.165, 1.54) is 7.11 Å². The van der Waals surface area contributed by atoms with Gasteiger partial charge in [-0.15, -0.1) is 0 Å². The van der Waals surface area contributed by atoms with Crippen molar-refractivity contribution in [3.8, 4) is 5.75 Å². The number of nitrogens with zero attached hydrogens (tertiary/aromatic N) is 2. The maximum Gasteiger partial charge on any atom is 0.339 e. The highest BCUT2D eigenvalue weighted by atomic mass is 35.5. The zero-order valence-electron chi connectivity index (χ0n) is 12.7. The molecule has 1 aliphatic rings. The maximum absolute atomic E-state index is 12.5. The van der Waals surface area contributed by atoms with E-state index in [0.717, 1.165) is 9.80 Å². The number of halogens is 1. The minimum absolute atomic E-state index is 0.0598. The fraction of sp³-hybridized carbons (Fsp3) is 0.118. The van der Waals surface area contributed by atoms with Crippen molar-refractivity contribution in [1.82, 2.24) is 4.90 Å². The number of benzene rings is 2. The quantitative estimate of drug-likeness (QED) is 0.632. The van der Waals surface area contributed by atoms with Gasteiger partial charge in [0, 0.05) is 5.02 Å². The molecule has 0 N–H and O–H groups in total. The zero-order valence-corrected chi connectivity index (χ0v) is 13.5. The molecular formula is C17H13ClN2O4. The second-order valence-electron chi connectivity index (χ2n) is 5.10. The van der Waals surface area contributed by atoms with Gasteiger partial charge in [-0.25, -0.2) is 9.69 Å². The van der Waals surface area contributed by atoms with Gasteiger partial charge in [0.05, 0.1) is 19.3 Å². The van der Waals surface area contributed by atoms with Crippen LogP contribution in [0, 0.1) is 0 Å². The Balaban J connectivity index is 1.88. The number of hydrogen-bond acceptors (Lipinski definition) is 4. The Morgan fingerprint density at radius 3 is 2.25 bits per heavy atom. The van der Waals surface area contributed by atoms with E-state index >= 15 is 0 Å². The molecule has 6 nitrogen and oxygen atoms in total. The zero-order chi connectivity index (χ0) is 17.3. The van der Waals surface area contributed by atoms with E-state index in [2.05, 4.69) is 0 Å². The van der Waals surface area contributed by atoms with Crippen molar-refractivity contribution in [1.29, 1.82) is 0 Å². The van der Waals surface area contributed by atoms with Crippen molar-refractivity contribution in [2.24, 2.45) is 0 Å². The van der Waals surface area contributed by atoms with E-state index < -0.39 is 17.8 Å². The van der Waals surface area contributed by atoms with Gasteiger partial charge in [-0.2, -0.15) is 0 Å². The van der Waals surface area contributed by atoms with Crippen molar-refractivity contribution in [2.75, 3.05) is 12.0 Å². The molecule has 3 rings (SSSR count). The maximum atomic E-state index is 12.5. The van der Waals surface area contributed by atoms with Crippen LogP contribution in [0.25, 0.3) is 0 Å². The highest BCUT2D eigenvalue weighted by molar-refractivity contribution is 6.52. The number of amides is 4. The van der Waals surface area contributed by atoms with Crippen LogP contribution in [0.15, 0.2) is 48.5 Å². The molecule has 0 spiro atoms. The molecule has 0 aliphatic carbocycles. The topological polar surface area (TPSA) is 66.9 Å². The van der Waals surface area contributed by atoms with Crippen molar-refractivity contribution in [3.63, 3.8) is 0 Å². The number of methoxy groups -OCH3 is 1. The van der Waals surface area contributed by atoms with Crippen LogP contribution in [0.2, 0.25) is 5.02 Å². The predicted octanol–water partition coefficient (Wildman–Crippen LogP) is 2.84. The van der Waals surface area contributed by atoms with Crippen LogP contribution in [0.3, 0.4) is 0 Å². The van der Waals surface area contributed by atoms with Crippen LogP contribution in [-0.4, -0.2) is 29.9 Å². The van der Waals surface area contributed by atoms with Gasteiger partial charge in [-0.3, -0.25) is 14.5 Å². The predicted molar refractivity (Wildman–Crippen MR) is 87.9 cm³/mol. The average Bonchev–Trinajstić information content (AvgIpc) is 2.80. The average molecular weight is 345 g/mol. The molecule has 1 fully saturated rings. The summed E-state index contributed by atoms with van der Waals surface area (Å²) in [6.07, 6.45) is 0. The molecule has 1 aliphatic heterocycles. The number of carbonyl (C=O) groups is 3. The van der Waals surface area contributed by atoms with Crippen LogP contribution >= 0.6 is 11.6 Å². The van der Waals surface area contributed by atoms with Crippen LogP contribution in [0.5, 0.6) is 5.75 Å². The van der Waals surface area contributed by atoms with E-state index in [-0.39, 0.29) is 6.54 Å². The number of imide groups is 2. The number of hydrogen-bond donors (Lipinski definition) is 0. The highest BCUT2D eigenvalue weighted by Crippen LogP contribution is 2.26. The van der Waals surface area contributed by atoms with Crippen molar-refractivity contribution in [2.45, 2.75) is 6.54 Å². The lowest BCUT2D eigenvalue weighted by Gasteiger charge is -2.16. The molecular weight excluding hydrogens is 332 g/mol. The molecule has 2 aromatic carbocycles. The molecule has 0 saturated carbocycles. The molecule has 122 valence electrons. The number of rotatable bonds is 4. The molecule has 0 atom stereocenters. The smallest absolute Gasteiger partial charge is 0.339 e. The largest absolute Gasteiger partial charge is 0.497 e. The van der Waals surface area contributed by atoms with Crippen molar-refractivity contribution >= 4 is 35.1 Å². The van der Waals surface area contributed by atoms with E-state index in [0.29, 0.717) is 22.0 Å². The van der Waals surface area contributed by atoms with Crippen LogP contribution in [-0.2, 0) is 16.1 Å². The monoisotopic (exact) mass is 344 g/mol. The number of anilines is 1. The first-order valence-corrected chi connectivity index (χ1v) is 7.48. The Bertz CT molecular complexity index is 820. The SMILES string of the molecule is COc1ccc(N2C(=O)C(=O)N(Cc3ccccc3Cl)C2=O)cc1. The Kier molecular flexibility index (Phi) is 4.22. The van der Waals surface area contributed by atoms with Gasteiger partial charge < -0.3 is 4.74 Å². The minimum Gasteiger partial charge on any atom is -0.497 e. The Labute approximate surface area is 143 Å².